The Balaban J connectivity index is 1.54. The summed E-state index contributed by atoms with van der Waals surface area (Å²) in [6, 6.07) is 14.5. The predicted octanol–water partition coefficient (Wildman–Crippen LogP) is 1.75. The number of ether oxygens (including phenoxy) is 2. The van der Waals surface area contributed by atoms with Crippen molar-refractivity contribution < 1.29 is 19.1 Å². The van der Waals surface area contributed by atoms with Crippen LogP contribution >= 0.6 is 0 Å². The van der Waals surface area contributed by atoms with Crippen molar-refractivity contribution in [2.45, 2.75) is 6.92 Å². The van der Waals surface area contributed by atoms with E-state index in [0.717, 1.165) is 5.69 Å². The van der Waals surface area contributed by atoms with Crippen LogP contribution in [0, 0.1) is 0 Å². The summed E-state index contributed by atoms with van der Waals surface area (Å²) in [6.45, 7) is 3.72. The second-order valence-electron chi connectivity index (χ2n) is 5.71. The molecule has 3 rings (SSSR count). The van der Waals surface area contributed by atoms with Crippen molar-refractivity contribution >= 4 is 17.5 Å². The van der Waals surface area contributed by atoms with Gasteiger partial charge in [0.25, 0.3) is 11.8 Å². The fourth-order valence-corrected chi connectivity index (χ4v) is 2.62. The van der Waals surface area contributed by atoms with E-state index in [0.29, 0.717) is 36.8 Å². The predicted molar refractivity (Wildman–Crippen MR) is 97.4 cm³/mol. The second-order valence-corrected chi connectivity index (χ2v) is 5.71. The minimum atomic E-state index is -0.418. The number of anilines is 1. The van der Waals surface area contributed by atoms with Crippen molar-refractivity contribution in [3.05, 3.63) is 54.1 Å². The third kappa shape index (κ3) is 4.24. The SMILES string of the molecule is CCN(CC(=O)NNC(=O)c1ccc2c(c1)OCCO2)c1ccccc1. The smallest absolute Gasteiger partial charge is 0.269 e. The van der Waals surface area contributed by atoms with Crippen LogP contribution in [0.2, 0.25) is 0 Å². The van der Waals surface area contributed by atoms with Crippen molar-refractivity contribution in [1.82, 2.24) is 10.9 Å². The standard InChI is InChI=1S/C19H21N3O4/c1-2-22(15-6-4-3-5-7-15)13-18(23)20-21-19(24)14-8-9-16-17(12-14)26-11-10-25-16/h3-9,12H,2,10-11,13H2,1H3,(H,20,23)(H,21,24). The molecule has 0 saturated heterocycles. The van der Waals surface area contributed by atoms with Crippen molar-refractivity contribution in [1.29, 1.82) is 0 Å². The summed E-state index contributed by atoms with van der Waals surface area (Å²) in [5.41, 5.74) is 6.20. The molecule has 0 aliphatic carbocycles. The number of likely N-dealkylation sites (N-methyl/N-ethyl adjacent to an activating group) is 1. The quantitative estimate of drug-likeness (QED) is 0.799. The number of carbonyl (C=O) groups is 2. The lowest BCUT2D eigenvalue weighted by atomic mass is 10.2. The summed E-state index contributed by atoms with van der Waals surface area (Å²) in [6.07, 6.45) is 0. The summed E-state index contributed by atoms with van der Waals surface area (Å²) in [5.74, 6) is 0.412. The highest BCUT2D eigenvalue weighted by Gasteiger charge is 2.16. The molecule has 1 aliphatic rings. The molecule has 0 atom stereocenters. The average molecular weight is 355 g/mol. The maximum absolute atomic E-state index is 12.2. The average Bonchev–Trinajstić information content (AvgIpc) is 2.70. The van der Waals surface area contributed by atoms with Gasteiger partial charge in [-0.25, -0.2) is 0 Å². The van der Waals surface area contributed by atoms with E-state index < -0.39 is 5.91 Å². The molecule has 2 amide bonds. The van der Waals surface area contributed by atoms with Crippen LogP contribution in [0.15, 0.2) is 48.5 Å². The van der Waals surface area contributed by atoms with Crippen LogP contribution in [0.3, 0.4) is 0 Å². The minimum Gasteiger partial charge on any atom is -0.486 e. The van der Waals surface area contributed by atoms with E-state index in [1.807, 2.05) is 42.2 Å². The zero-order valence-corrected chi connectivity index (χ0v) is 14.5. The van der Waals surface area contributed by atoms with E-state index in [9.17, 15) is 9.59 Å². The molecule has 1 aliphatic heterocycles. The number of fused-ring (bicyclic) bond motifs is 1. The first-order valence-corrected chi connectivity index (χ1v) is 8.46. The van der Waals surface area contributed by atoms with Gasteiger partial charge in [-0.3, -0.25) is 20.4 Å². The van der Waals surface area contributed by atoms with Crippen LogP contribution in [0.25, 0.3) is 0 Å². The van der Waals surface area contributed by atoms with E-state index >= 15 is 0 Å². The fraction of sp³-hybridized carbons (Fsp3) is 0.263. The van der Waals surface area contributed by atoms with Gasteiger partial charge in [0, 0.05) is 17.8 Å². The number of rotatable bonds is 5. The van der Waals surface area contributed by atoms with Gasteiger partial charge in [0.15, 0.2) is 11.5 Å². The van der Waals surface area contributed by atoms with Gasteiger partial charge in [0.05, 0.1) is 6.54 Å². The Morgan fingerprint density at radius 2 is 1.73 bits per heavy atom. The van der Waals surface area contributed by atoms with Gasteiger partial charge in [-0.05, 0) is 37.3 Å². The highest BCUT2D eigenvalue weighted by molar-refractivity contribution is 5.96. The molecule has 0 aromatic heterocycles. The summed E-state index contributed by atoms with van der Waals surface area (Å²) < 4.78 is 10.9. The van der Waals surface area contributed by atoms with Crippen molar-refractivity contribution in [2.75, 3.05) is 31.2 Å². The number of hydrogen-bond donors (Lipinski definition) is 2. The molecule has 7 nitrogen and oxygen atoms in total. The topological polar surface area (TPSA) is 79.9 Å². The molecule has 136 valence electrons. The summed E-state index contributed by atoms with van der Waals surface area (Å²) in [5, 5.41) is 0. The molecule has 2 N–H and O–H groups in total. The largest absolute Gasteiger partial charge is 0.486 e. The molecule has 26 heavy (non-hydrogen) atoms. The van der Waals surface area contributed by atoms with E-state index in [1.54, 1.807) is 18.2 Å². The third-order valence-electron chi connectivity index (χ3n) is 3.96. The lowest BCUT2D eigenvalue weighted by Crippen LogP contribution is -2.46. The van der Waals surface area contributed by atoms with E-state index in [1.165, 1.54) is 0 Å². The lowest BCUT2D eigenvalue weighted by molar-refractivity contribution is -0.120. The lowest BCUT2D eigenvalue weighted by Gasteiger charge is -2.22. The van der Waals surface area contributed by atoms with Crippen molar-refractivity contribution in [3.8, 4) is 11.5 Å². The number of para-hydroxylation sites is 1. The van der Waals surface area contributed by atoms with Gasteiger partial charge in [0.2, 0.25) is 0 Å². The number of carbonyl (C=O) groups excluding carboxylic acids is 2. The van der Waals surface area contributed by atoms with Crippen LogP contribution in [0.5, 0.6) is 11.5 Å². The molecule has 0 saturated carbocycles. The molecule has 0 unspecified atom stereocenters. The van der Waals surface area contributed by atoms with Gasteiger partial charge in [-0.1, -0.05) is 18.2 Å². The van der Waals surface area contributed by atoms with E-state index in [2.05, 4.69) is 10.9 Å². The maximum Gasteiger partial charge on any atom is 0.269 e. The molecule has 0 spiro atoms. The first kappa shape index (κ1) is 17.6. The van der Waals surface area contributed by atoms with Crippen LogP contribution < -0.4 is 25.2 Å². The summed E-state index contributed by atoms with van der Waals surface area (Å²) >= 11 is 0. The van der Waals surface area contributed by atoms with Crippen molar-refractivity contribution in [2.24, 2.45) is 0 Å². The molecule has 2 aromatic carbocycles. The normalized spacial score (nSPS) is 12.2. The minimum absolute atomic E-state index is 0.141. The number of hydrogen-bond acceptors (Lipinski definition) is 5. The Kier molecular flexibility index (Phi) is 5.58. The van der Waals surface area contributed by atoms with Gasteiger partial charge in [0.1, 0.15) is 13.2 Å². The highest BCUT2D eigenvalue weighted by Crippen LogP contribution is 2.30. The third-order valence-corrected chi connectivity index (χ3v) is 3.96. The maximum atomic E-state index is 12.2. The number of nitrogens with one attached hydrogen (secondary N) is 2. The zero-order valence-electron chi connectivity index (χ0n) is 14.5. The summed E-state index contributed by atoms with van der Waals surface area (Å²) in [4.78, 5) is 26.3. The molecule has 0 radical (unpaired) electrons. The molecular weight excluding hydrogens is 334 g/mol. The number of hydrazine groups is 1. The Morgan fingerprint density at radius 1 is 1.00 bits per heavy atom. The molecule has 0 fully saturated rings. The number of amides is 2. The first-order valence-electron chi connectivity index (χ1n) is 8.46. The van der Waals surface area contributed by atoms with Gasteiger partial charge >= 0.3 is 0 Å². The number of nitrogens with zero attached hydrogens (tertiary/aromatic N) is 1. The zero-order chi connectivity index (χ0) is 18.4. The summed E-state index contributed by atoms with van der Waals surface area (Å²) in [7, 11) is 0. The number of benzene rings is 2. The van der Waals surface area contributed by atoms with E-state index in [-0.39, 0.29) is 12.5 Å². The second kappa shape index (κ2) is 8.24. The van der Waals surface area contributed by atoms with Crippen molar-refractivity contribution in [3.63, 3.8) is 0 Å². The van der Waals surface area contributed by atoms with Gasteiger partial charge in [-0.15, -0.1) is 0 Å². The van der Waals surface area contributed by atoms with Gasteiger partial charge in [-0.2, -0.15) is 0 Å². The first-order chi connectivity index (χ1) is 12.7. The monoisotopic (exact) mass is 355 g/mol. The molecule has 2 aromatic rings. The van der Waals surface area contributed by atoms with Crippen LogP contribution in [-0.2, 0) is 4.79 Å². The molecular formula is C19H21N3O4. The highest BCUT2D eigenvalue weighted by atomic mass is 16.6. The van der Waals surface area contributed by atoms with E-state index in [4.69, 9.17) is 9.47 Å². The Bertz CT molecular complexity index is 780. The molecule has 7 heteroatoms. The molecule has 0 bridgehead atoms. The Hall–Kier alpha value is -3.22. The van der Waals surface area contributed by atoms with Gasteiger partial charge < -0.3 is 14.4 Å². The molecule has 1 heterocycles. The Labute approximate surface area is 151 Å². The Morgan fingerprint density at radius 3 is 2.46 bits per heavy atom. The van der Waals surface area contributed by atoms with Crippen LogP contribution in [-0.4, -0.2) is 38.1 Å². The fourth-order valence-electron chi connectivity index (χ4n) is 2.62. The van der Waals surface area contributed by atoms with Crippen LogP contribution in [0.1, 0.15) is 17.3 Å². The van der Waals surface area contributed by atoms with Crippen LogP contribution in [0.4, 0.5) is 5.69 Å².